The minimum absolute atomic E-state index is 0.0754. The Hall–Kier alpha value is -2.01. The Morgan fingerprint density at radius 3 is 2.37 bits per heavy atom. The van der Waals surface area contributed by atoms with Gasteiger partial charge in [0.25, 0.3) is 0 Å². The lowest BCUT2D eigenvalue weighted by Crippen LogP contribution is -2.09. The molecule has 0 radical (unpaired) electrons. The van der Waals surface area contributed by atoms with E-state index in [-0.39, 0.29) is 17.1 Å². The van der Waals surface area contributed by atoms with Crippen molar-refractivity contribution in [3.8, 4) is 11.5 Å². The second-order valence-corrected chi connectivity index (χ2v) is 4.12. The van der Waals surface area contributed by atoms with Crippen molar-refractivity contribution in [2.45, 2.75) is 13.0 Å². The lowest BCUT2D eigenvalue weighted by molar-refractivity contribution is 0.447. The molecule has 0 aliphatic heterocycles. The quantitative estimate of drug-likeness (QED) is 0.914. The molecule has 2 nitrogen and oxygen atoms in total. The van der Waals surface area contributed by atoms with Crippen LogP contribution in [0.15, 0.2) is 36.4 Å². The molecular weight excluding hydrogens is 255 g/mol. The Morgan fingerprint density at radius 1 is 1.00 bits per heavy atom. The lowest BCUT2D eigenvalue weighted by Gasteiger charge is -2.14. The molecule has 19 heavy (non-hydrogen) atoms. The first kappa shape index (κ1) is 13.4. The molecular formula is C14H12F3NO. The second-order valence-electron chi connectivity index (χ2n) is 4.12. The van der Waals surface area contributed by atoms with Crippen LogP contribution in [0.4, 0.5) is 13.2 Å². The molecule has 0 saturated carbocycles. The van der Waals surface area contributed by atoms with Crippen molar-refractivity contribution in [2.24, 2.45) is 5.73 Å². The fourth-order valence-electron chi connectivity index (χ4n) is 1.72. The van der Waals surface area contributed by atoms with E-state index in [0.29, 0.717) is 0 Å². The van der Waals surface area contributed by atoms with E-state index >= 15 is 0 Å². The third-order valence-electron chi connectivity index (χ3n) is 2.59. The molecule has 0 amide bonds. The smallest absolute Gasteiger partial charge is 0.162 e. The number of hydrogen-bond donors (Lipinski definition) is 1. The van der Waals surface area contributed by atoms with Crippen molar-refractivity contribution < 1.29 is 17.9 Å². The van der Waals surface area contributed by atoms with E-state index in [9.17, 15) is 13.2 Å². The first-order valence-electron chi connectivity index (χ1n) is 5.66. The van der Waals surface area contributed by atoms with E-state index in [0.717, 1.165) is 12.1 Å². The van der Waals surface area contributed by atoms with Crippen LogP contribution in [0.3, 0.4) is 0 Å². The molecule has 100 valence electrons. The fraction of sp³-hybridized carbons (Fsp3) is 0.143. The predicted molar refractivity (Wildman–Crippen MR) is 65.4 cm³/mol. The van der Waals surface area contributed by atoms with Crippen molar-refractivity contribution in [2.75, 3.05) is 0 Å². The van der Waals surface area contributed by atoms with E-state index in [1.165, 1.54) is 24.3 Å². The molecule has 2 aromatic rings. The van der Waals surface area contributed by atoms with E-state index in [4.69, 9.17) is 10.5 Å². The standard InChI is InChI=1S/C14H12F3NO/c1-8(18)14-11(16)3-2-4-13(14)19-9-5-6-10(15)12(17)7-9/h2-8H,18H2,1H3/t8-/m1/s1. The lowest BCUT2D eigenvalue weighted by atomic mass is 10.1. The largest absolute Gasteiger partial charge is 0.457 e. The minimum Gasteiger partial charge on any atom is -0.457 e. The molecule has 2 rings (SSSR count). The van der Waals surface area contributed by atoms with Gasteiger partial charge in [0, 0.05) is 17.7 Å². The molecule has 0 aliphatic carbocycles. The molecule has 0 unspecified atom stereocenters. The summed E-state index contributed by atoms with van der Waals surface area (Å²) in [6, 6.07) is 6.74. The van der Waals surface area contributed by atoms with Gasteiger partial charge in [0.05, 0.1) is 0 Å². The molecule has 5 heteroatoms. The number of halogens is 3. The maximum absolute atomic E-state index is 13.7. The van der Waals surface area contributed by atoms with Gasteiger partial charge in [0.15, 0.2) is 11.6 Å². The summed E-state index contributed by atoms with van der Waals surface area (Å²) >= 11 is 0. The zero-order valence-electron chi connectivity index (χ0n) is 10.2. The summed E-state index contributed by atoms with van der Waals surface area (Å²) in [4.78, 5) is 0. The molecule has 2 aromatic carbocycles. The molecule has 2 N–H and O–H groups in total. The summed E-state index contributed by atoms with van der Waals surface area (Å²) in [5, 5.41) is 0. The fourth-order valence-corrected chi connectivity index (χ4v) is 1.72. The van der Waals surface area contributed by atoms with Gasteiger partial charge in [-0.1, -0.05) is 6.07 Å². The van der Waals surface area contributed by atoms with Gasteiger partial charge in [-0.05, 0) is 31.2 Å². The number of nitrogens with two attached hydrogens (primary N) is 1. The van der Waals surface area contributed by atoms with Gasteiger partial charge < -0.3 is 10.5 Å². The first-order valence-corrected chi connectivity index (χ1v) is 5.66. The van der Waals surface area contributed by atoms with Gasteiger partial charge in [-0.3, -0.25) is 0 Å². The van der Waals surface area contributed by atoms with Crippen LogP contribution in [0.1, 0.15) is 18.5 Å². The van der Waals surface area contributed by atoms with Crippen LogP contribution in [-0.2, 0) is 0 Å². The van der Waals surface area contributed by atoms with Crippen LogP contribution >= 0.6 is 0 Å². The van der Waals surface area contributed by atoms with Gasteiger partial charge in [0.1, 0.15) is 17.3 Å². The summed E-state index contributed by atoms with van der Waals surface area (Å²) in [5.41, 5.74) is 5.86. The monoisotopic (exact) mass is 267 g/mol. The van der Waals surface area contributed by atoms with Gasteiger partial charge in [0.2, 0.25) is 0 Å². The van der Waals surface area contributed by atoms with Crippen molar-refractivity contribution >= 4 is 0 Å². The van der Waals surface area contributed by atoms with Crippen LogP contribution in [0.5, 0.6) is 11.5 Å². The Bertz CT molecular complexity index is 599. The number of rotatable bonds is 3. The van der Waals surface area contributed by atoms with Crippen molar-refractivity contribution in [3.05, 3.63) is 59.4 Å². The Labute approximate surface area is 108 Å². The zero-order chi connectivity index (χ0) is 14.0. The van der Waals surface area contributed by atoms with E-state index < -0.39 is 23.5 Å². The summed E-state index contributed by atoms with van der Waals surface area (Å²) in [6.45, 7) is 1.61. The Kier molecular flexibility index (Phi) is 3.76. The predicted octanol–water partition coefficient (Wildman–Crippen LogP) is 3.92. The molecule has 0 aliphatic rings. The molecule has 0 fully saturated rings. The minimum atomic E-state index is -1.03. The van der Waals surface area contributed by atoms with Crippen LogP contribution < -0.4 is 10.5 Å². The Balaban J connectivity index is 2.38. The summed E-state index contributed by atoms with van der Waals surface area (Å²) in [6.07, 6.45) is 0. The molecule has 0 aromatic heterocycles. The van der Waals surface area contributed by atoms with Crippen LogP contribution in [0, 0.1) is 17.5 Å². The van der Waals surface area contributed by atoms with Gasteiger partial charge in [-0.15, -0.1) is 0 Å². The highest BCUT2D eigenvalue weighted by Crippen LogP contribution is 2.31. The average Bonchev–Trinajstić information content (AvgIpc) is 2.33. The Morgan fingerprint density at radius 2 is 1.74 bits per heavy atom. The first-order chi connectivity index (χ1) is 8.99. The molecule has 0 bridgehead atoms. The van der Waals surface area contributed by atoms with E-state index in [2.05, 4.69) is 0 Å². The number of ether oxygens (including phenoxy) is 1. The van der Waals surface area contributed by atoms with Crippen LogP contribution in [-0.4, -0.2) is 0 Å². The zero-order valence-corrected chi connectivity index (χ0v) is 10.2. The molecule has 0 spiro atoms. The number of hydrogen-bond acceptors (Lipinski definition) is 2. The third-order valence-corrected chi connectivity index (χ3v) is 2.59. The van der Waals surface area contributed by atoms with Crippen LogP contribution in [0.25, 0.3) is 0 Å². The van der Waals surface area contributed by atoms with Gasteiger partial charge in [-0.25, -0.2) is 13.2 Å². The SMILES string of the molecule is C[C@@H](N)c1c(F)cccc1Oc1ccc(F)c(F)c1. The summed E-state index contributed by atoms with van der Waals surface area (Å²) in [7, 11) is 0. The van der Waals surface area contributed by atoms with Crippen LogP contribution in [0.2, 0.25) is 0 Å². The molecule has 1 atom stereocenters. The highest BCUT2D eigenvalue weighted by Gasteiger charge is 2.14. The van der Waals surface area contributed by atoms with Gasteiger partial charge in [-0.2, -0.15) is 0 Å². The highest BCUT2D eigenvalue weighted by atomic mass is 19.2. The number of benzene rings is 2. The maximum Gasteiger partial charge on any atom is 0.162 e. The van der Waals surface area contributed by atoms with Gasteiger partial charge >= 0.3 is 0 Å². The van der Waals surface area contributed by atoms with E-state index in [1.807, 2.05) is 0 Å². The molecule has 0 heterocycles. The third kappa shape index (κ3) is 2.88. The topological polar surface area (TPSA) is 35.2 Å². The molecule has 0 saturated heterocycles. The van der Waals surface area contributed by atoms with Crippen molar-refractivity contribution in [1.29, 1.82) is 0 Å². The van der Waals surface area contributed by atoms with Crippen molar-refractivity contribution in [1.82, 2.24) is 0 Å². The highest BCUT2D eigenvalue weighted by molar-refractivity contribution is 5.40. The summed E-state index contributed by atoms with van der Waals surface area (Å²) < 4.78 is 44.9. The van der Waals surface area contributed by atoms with E-state index in [1.54, 1.807) is 6.92 Å². The summed E-state index contributed by atoms with van der Waals surface area (Å²) in [5.74, 6) is -2.25. The van der Waals surface area contributed by atoms with Crippen molar-refractivity contribution in [3.63, 3.8) is 0 Å². The maximum atomic E-state index is 13.7. The second kappa shape index (κ2) is 5.32. The normalized spacial score (nSPS) is 12.3. The average molecular weight is 267 g/mol.